The molecule has 164 valence electrons. The number of nitrogen functional groups attached to an aromatic ring is 1. The molecule has 1 aliphatic rings. The van der Waals surface area contributed by atoms with Gasteiger partial charge in [-0.05, 0) is 17.7 Å². The molecule has 1 aromatic heterocycles. The number of nitrogens with zero attached hydrogens (tertiary/aromatic N) is 4. The van der Waals surface area contributed by atoms with Crippen molar-refractivity contribution in [1.82, 2.24) is 20.1 Å². The monoisotopic (exact) mass is 469 g/mol. The molecule has 4 N–H and O–H groups in total. The second-order valence-electron chi connectivity index (χ2n) is 7.21. The van der Waals surface area contributed by atoms with Crippen LogP contribution in [0.15, 0.2) is 53.7 Å². The van der Waals surface area contributed by atoms with E-state index >= 15 is 0 Å². The van der Waals surface area contributed by atoms with Gasteiger partial charge in [-0.25, -0.2) is 9.67 Å². The summed E-state index contributed by atoms with van der Waals surface area (Å²) in [7, 11) is 1.61. The van der Waals surface area contributed by atoms with E-state index in [1.54, 1.807) is 23.9 Å². The maximum absolute atomic E-state index is 13.0. The van der Waals surface area contributed by atoms with Crippen LogP contribution in [-0.4, -0.2) is 50.6 Å². The van der Waals surface area contributed by atoms with E-state index in [2.05, 4.69) is 15.4 Å². The number of rotatable bonds is 5. The first-order chi connectivity index (χ1) is 15.3. The molecule has 3 aromatic rings. The Labute approximate surface area is 193 Å². The number of thioether (sulfide) groups is 1. The molecule has 0 fully saturated rings. The summed E-state index contributed by atoms with van der Waals surface area (Å²) in [6.07, 6.45) is 1.49. The normalized spacial score (nSPS) is 15.8. The fourth-order valence-electron chi connectivity index (χ4n) is 3.32. The van der Waals surface area contributed by atoms with Crippen LogP contribution in [0.1, 0.15) is 21.7 Å². The largest absolute Gasteiger partial charge is 0.398 e. The van der Waals surface area contributed by atoms with E-state index in [9.17, 15) is 9.59 Å². The summed E-state index contributed by atoms with van der Waals surface area (Å²) in [6, 6.07) is 12.2. The van der Waals surface area contributed by atoms with Crippen molar-refractivity contribution in [3.8, 4) is 0 Å². The van der Waals surface area contributed by atoms with Gasteiger partial charge < -0.3 is 16.0 Å². The molecule has 2 heterocycles. The van der Waals surface area contributed by atoms with Crippen molar-refractivity contribution in [2.45, 2.75) is 17.5 Å². The van der Waals surface area contributed by atoms with Gasteiger partial charge in [0.25, 0.3) is 5.91 Å². The topological polar surface area (TPSA) is 130 Å². The molecule has 2 amide bonds. The molecule has 0 radical (unpaired) electrons. The molecule has 0 spiro atoms. The molecule has 11 heteroatoms. The third-order valence-corrected chi connectivity index (χ3v) is 6.34. The van der Waals surface area contributed by atoms with E-state index in [0.29, 0.717) is 29.2 Å². The Morgan fingerprint density at radius 3 is 2.81 bits per heavy atom. The van der Waals surface area contributed by atoms with Crippen LogP contribution in [0.4, 0.5) is 11.4 Å². The average molecular weight is 470 g/mol. The number of likely N-dealkylation sites (N-methyl/N-ethyl adjacent to an activating group) is 1. The fourth-order valence-corrected chi connectivity index (χ4v) is 4.61. The van der Waals surface area contributed by atoms with Crippen LogP contribution in [0.2, 0.25) is 0 Å². The highest BCUT2D eigenvalue weighted by Gasteiger charge is 2.31. The standard InChI is InChI=1S/C21H20ClN7O2S/c1-28-16-7-13(18(22)24)14(23)8-17(16)32-10-15(21(28)31)26-20(30)19-25-11-29(27-19)9-12-5-3-2-4-6-12/h2-8,11,15,24H,9-10,23H2,1H3,(H,26,30)/t15-/m0/s1. The van der Waals surface area contributed by atoms with E-state index in [0.717, 1.165) is 10.5 Å². The predicted molar refractivity (Wildman–Crippen MR) is 124 cm³/mol. The van der Waals surface area contributed by atoms with Crippen LogP contribution in [0, 0.1) is 5.41 Å². The van der Waals surface area contributed by atoms with Crippen LogP contribution in [0.25, 0.3) is 0 Å². The molecular weight excluding hydrogens is 450 g/mol. The van der Waals surface area contributed by atoms with Gasteiger partial charge in [0.1, 0.15) is 17.5 Å². The molecule has 0 aliphatic carbocycles. The van der Waals surface area contributed by atoms with Gasteiger partial charge in [-0.1, -0.05) is 41.9 Å². The first-order valence-corrected chi connectivity index (χ1v) is 11.0. The quantitative estimate of drug-likeness (QED) is 0.388. The lowest BCUT2D eigenvalue weighted by Crippen LogP contribution is -2.48. The van der Waals surface area contributed by atoms with Gasteiger partial charge in [-0.3, -0.25) is 15.0 Å². The highest BCUT2D eigenvalue weighted by Crippen LogP contribution is 2.37. The Bertz CT molecular complexity index is 1200. The number of carbonyl (C=O) groups is 2. The van der Waals surface area contributed by atoms with E-state index < -0.39 is 11.9 Å². The summed E-state index contributed by atoms with van der Waals surface area (Å²) in [5.74, 6) is -0.530. The maximum Gasteiger partial charge on any atom is 0.291 e. The van der Waals surface area contributed by atoms with E-state index in [4.69, 9.17) is 22.7 Å². The van der Waals surface area contributed by atoms with Gasteiger partial charge in [0, 0.05) is 28.9 Å². The second-order valence-corrected chi connectivity index (χ2v) is 8.65. The molecule has 2 aromatic carbocycles. The van der Waals surface area contributed by atoms with Crippen LogP contribution in [0.3, 0.4) is 0 Å². The zero-order chi connectivity index (χ0) is 22.8. The first kappa shape index (κ1) is 21.8. The summed E-state index contributed by atoms with van der Waals surface area (Å²) in [6.45, 7) is 0.483. The molecule has 1 aliphatic heterocycles. The van der Waals surface area contributed by atoms with Crippen LogP contribution in [-0.2, 0) is 11.3 Å². The maximum atomic E-state index is 13.0. The molecule has 32 heavy (non-hydrogen) atoms. The van der Waals surface area contributed by atoms with Gasteiger partial charge in [-0.15, -0.1) is 16.9 Å². The highest BCUT2D eigenvalue weighted by atomic mass is 35.5. The lowest BCUT2D eigenvalue weighted by molar-refractivity contribution is -0.119. The van der Waals surface area contributed by atoms with Gasteiger partial charge in [-0.2, -0.15) is 0 Å². The number of halogens is 1. The minimum Gasteiger partial charge on any atom is -0.398 e. The van der Waals surface area contributed by atoms with Crippen LogP contribution < -0.4 is 16.0 Å². The molecule has 0 saturated heterocycles. The Hall–Kier alpha value is -3.37. The molecule has 1 atom stereocenters. The van der Waals surface area contributed by atoms with Crippen LogP contribution >= 0.6 is 23.4 Å². The van der Waals surface area contributed by atoms with Crippen molar-refractivity contribution in [2.75, 3.05) is 23.4 Å². The van der Waals surface area contributed by atoms with Crippen molar-refractivity contribution in [3.05, 3.63) is 65.7 Å². The minimum atomic E-state index is -0.786. The van der Waals surface area contributed by atoms with Crippen molar-refractivity contribution in [1.29, 1.82) is 5.41 Å². The number of carbonyl (C=O) groups excluding carboxylic acids is 2. The zero-order valence-electron chi connectivity index (χ0n) is 17.1. The summed E-state index contributed by atoms with van der Waals surface area (Å²) >= 11 is 7.20. The Morgan fingerprint density at radius 1 is 1.34 bits per heavy atom. The van der Waals surface area contributed by atoms with Gasteiger partial charge in [0.05, 0.1) is 12.2 Å². The lowest BCUT2D eigenvalue weighted by atomic mass is 10.1. The number of aromatic nitrogens is 3. The van der Waals surface area contributed by atoms with Crippen molar-refractivity contribution in [3.63, 3.8) is 0 Å². The molecular formula is C21H20ClN7O2S. The fraction of sp³-hybridized carbons (Fsp3) is 0.190. The summed E-state index contributed by atoms with van der Waals surface area (Å²) in [4.78, 5) is 32.0. The number of hydrogen-bond acceptors (Lipinski definition) is 7. The Kier molecular flexibility index (Phi) is 6.15. The van der Waals surface area contributed by atoms with Crippen LogP contribution in [0.5, 0.6) is 0 Å². The number of nitrogens with two attached hydrogens (primary N) is 1. The number of anilines is 2. The number of hydrogen-bond donors (Lipinski definition) is 3. The molecule has 0 bridgehead atoms. The number of fused-ring (bicyclic) bond motifs is 1. The summed E-state index contributed by atoms with van der Waals surface area (Å²) in [5, 5.41) is 14.4. The Morgan fingerprint density at radius 2 is 2.09 bits per heavy atom. The van der Waals surface area contributed by atoms with Crippen molar-refractivity contribution < 1.29 is 9.59 Å². The number of nitrogens with one attached hydrogen (secondary N) is 2. The highest BCUT2D eigenvalue weighted by molar-refractivity contribution is 7.99. The Balaban J connectivity index is 1.48. The van der Waals surface area contributed by atoms with Crippen molar-refractivity contribution in [2.24, 2.45) is 0 Å². The average Bonchev–Trinajstić information content (AvgIpc) is 3.20. The number of benzene rings is 2. The van der Waals surface area contributed by atoms with E-state index in [-0.39, 0.29) is 16.9 Å². The molecule has 0 saturated carbocycles. The summed E-state index contributed by atoms with van der Waals surface area (Å²) in [5.41, 5.74) is 8.31. The predicted octanol–water partition coefficient (Wildman–Crippen LogP) is 2.34. The van der Waals surface area contributed by atoms with Gasteiger partial charge in [0.2, 0.25) is 11.7 Å². The second kappa shape index (κ2) is 9.01. The lowest BCUT2D eigenvalue weighted by Gasteiger charge is -2.22. The van der Waals surface area contributed by atoms with E-state index in [1.807, 2.05) is 30.3 Å². The van der Waals surface area contributed by atoms with Gasteiger partial charge in [0.15, 0.2) is 0 Å². The smallest absolute Gasteiger partial charge is 0.291 e. The van der Waals surface area contributed by atoms with Crippen molar-refractivity contribution >= 4 is 51.7 Å². The van der Waals surface area contributed by atoms with E-state index in [1.165, 1.54) is 23.0 Å². The molecule has 9 nitrogen and oxygen atoms in total. The molecule has 0 unspecified atom stereocenters. The number of amides is 2. The van der Waals surface area contributed by atoms with Gasteiger partial charge >= 0.3 is 0 Å². The SMILES string of the molecule is CN1C(=O)[C@@H](NC(=O)c2ncn(Cc3ccccc3)n2)CSc2cc(N)c(C(=N)Cl)cc21. The minimum absolute atomic E-state index is 0.00901. The summed E-state index contributed by atoms with van der Waals surface area (Å²) < 4.78 is 1.57. The first-order valence-electron chi connectivity index (χ1n) is 9.66. The molecule has 4 rings (SSSR count). The third kappa shape index (κ3) is 4.46. The zero-order valence-corrected chi connectivity index (χ0v) is 18.7. The third-order valence-electron chi connectivity index (χ3n) is 5.00.